The van der Waals surface area contributed by atoms with Crippen molar-refractivity contribution in [2.24, 2.45) is 0 Å². The fourth-order valence-corrected chi connectivity index (χ4v) is 3.85. The highest BCUT2D eigenvalue weighted by molar-refractivity contribution is 6.20. The Balaban J connectivity index is 1.87. The fourth-order valence-electron chi connectivity index (χ4n) is 3.85. The number of benzene rings is 2. The van der Waals surface area contributed by atoms with Crippen molar-refractivity contribution >= 4 is 57.7 Å². The molecule has 2 aromatic carbocycles. The third-order valence-corrected chi connectivity index (χ3v) is 4.91. The summed E-state index contributed by atoms with van der Waals surface area (Å²) in [5.41, 5.74) is 1.65. The molecule has 0 amide bonds. The maximum Gasteiger partial charge on any atom is 0.341 e. The lowest BCUT2D eigenvalue weighted by atomic mass is 9.98. The quantitative estimate of drug-likeness (QED) is 0.349. The lowest BCUT2D eigenvalue weighted by Gasteiger charge is -2.12. The molecule has 2 aliphatic rings. The van der Waals surface area contributed by atoms with Gasteiger partial charge in [-0.1, -0.05) is 0 Å². The molecule has 0 radical (unpaired) electrons. The SMILES string of the molecule is O=C(O)COC1=C(OCC(=O)O)c2ccc3c4c(ccc1c24)C(OCC(=O)O)=C3OCC(=O)O. The van der Waals surface area contributed by atoms with Gasteiger partial charge in [-0.15, -0.1) is 0 Å². The molecule has 2 aliphatic carbocycles. The van der Waals surface area contributed by atoms with Crippen LogP contribution in [0.15, 0.2) is 24.3 Å². The van der Waals surface area contributed by atoms with Crippen LogP contribution in [0, 0.1) is 0 Å². The van der Waals surface area contributed by atoms with Gasteiger partial charge in [0, 0.05) is 33.0 Å². The first-order valence-corrected chi connectivity index (χ1v) is 9.67. The van der Waals surface area contributed by atoms with Crippen LogP contribution in [0.4, 0.5) is 0 Å². The molecule has 0 saturated carbocycles. The number of carboxylic acids is 4. The van der Waals surface area contributed by atoms with Crippen LogP contribution < -0.4 is 0 Å². The summed E-state index contributed by atoms with van der Waals surface area (Å²) in [5, 5.41) is 37.2. The lowest BCUT2D eigenvalue weighted by molar-refractivity contribution is -0.141. The van der Waals surface area contributed by atoms with E-state index in [0.29, 0.717) is 33.0 Å². The van der Waals surface area contributed by atoms with Crippen LogP contribution in [0.3, 0.4) is 0 Å². The molecule has 0 fully saturated rings. The first-order valence-electron chi connectivity index (χ1n) is 9.67. The second-order valence-corrected chi connectivity index (χ2v) is 7.12. The smallest absolute Gasteiger partial charge is 0.341 e. The fraction of sp³-hybridized carbons (Fsp3) is 0.182. The van der Waals surface area contributed by atoms with Crippen molar-refractivity contribution < 1.29 is 58.6 Å². The van der Waals surface area contributed by atoms with E-state index in [1.54, 1.807) is 24.3 Å². The number of carbonyl (C=O) groups is 4. The molecule has 0 heterocycles. The zero-order valence-corrected chi connectivity index (χ0v) is 17.2. The van der Waals surface area contributed by atoms with Crippen molar-refractivity contribution in [3.63, 3.8) is 0 Å². The van der Waals surface area contributed by atoms with E-state index in [9.17, 15) is 19.2 Å². The Morgan fingerprint density at radius 2 is 0.676 bits per heavy atom. The molecule has 0 unspecified atom stereocenters. The summed E-state index contributed by atoms with van der Waals surface area (Å²) in [4.78, 5) is 44.3. The number of rotatable bonds is 12. The summed E-state index contributed by atoms with van der Waals surface area (Å²) < 4.78 is 21.7. The monoisotopic (exact) mass is 472 g/mol. The minimum Gasteiger partial charge on any atom is -0.479 e. The minimum absolute atomic E-state index is 0.0234. The zero-order chi connectivity index (χ0) is 24.6. The van der Waals surface area contributed by atoms with Crippen molar-refractivity contribution in [1.29, 1.82) is 0 Å². The van der Waals surface area contributed by atoms with Crippen LogP contribution >= 0.6 is 0 Å². The molecule has 34 heavy (non-hydrogen) atoms. The second-order valence-electron chi connectivity index (χ2n) is 7.12. The highest BCUT2D eigenvalue weighted by Gasteiger charge is 2.36. The number of aliphatic carboxylic acids is 4. The Morgan fingerprint density at radius 1 is 0.471 bits per heavy atom. The molecule has 0 saturated heterocycles. The highest BCUT2D eigenvalue weighted by atomic mass is 16.5. The number of hydrogen-bond donors (Lipinski definition) is 4. The zero-order valence-electron chi connectivity index (χ0n) is 17.2. The Labute approximate surface area is 189 Å². The van der Waals surface area contributed by atoms with Gasteiger partial charge in [0.15, 0.2) is 49.5 Å². The molecule has 0 aliphatic heterocycles. The predicted octanol–water partition coefficient (Wildman–Crippen LogP) is 1.52. The predicted molar refractivity (Wildman–Crippen MR) is 112 cm³/mol. The topological polar surface area (TPSA) is 186 Å². The Hall–Kier alpha value is -4.74. The maximum absolute atomic E-state index is 11.1. The van der Waals surface area contributed by atoms with Crippen LogP contribution in [0.2, 0.25) is 0 Å². The third-order valence-electron chi connectivity index (χ3n) is 4.91. The molecule has 12 nitrogen and oxygen atoms in total. The number of ether oxygens (including phenoxy) is 4. The number of carboxylic acid groups (broad SMARTS) is 4. The maximum atomic E-state index is 11.1. The molecule has 0 aromatic heterocycles. The third kappa shape index (κ3) is 3.92. The van der Waals surface area contributed by atoms with Gasteiger partial charge < -0.3 is 39.4 Å². The van der Waals surface area contributed by atoms with E-state index in [1.165, 1.54) is 0 Å². The van der Waals surface area contributed by atoms with Crippen molar-refractivity contribution in [3.8, 4) is 0 Å². The van der Waals surface area contributed by atoms with Crippen molar-refractivity contribution in [3.05, 3.63) is 46.5 Å². The van der Waals surface area contributed by atoms with Crippen molar-refractivity contribution in [1.82, 2.24) is 0 Å². The lowest BCUT2D eigenvalue weighted by Crippen LogP contribution is -2.10. The van der Waals surface area contributed by atoms with Crippen LogP contribution in [0.5, 0.6) is 0 Å². The van der Waals surface area contributed by atoms with Gasteiger partial charge in [0.1, 0.15) is 0 Å². The van der Waals surface area contributed by atoms with Crippen LogP contribution in [0.1, 0.15) is 22.3 Å². The van der Waals surface area contributed by atoms with Crippen LogP contribution in [0.25, 0.3) is 33.8 Å². The van der Waals surface area contributed by atoms with Crippen LogP contribution in [-0.4, -0.2) is 70.7 Å². The standard InChI is InChI=1S/C22H16O12/c23-13(24)5-31-19-9-1-2-10-18-12(4-3-11(17(9)18)21(19)33-7-15(27)28)22(34-8-16(29)30)20(10)32-6-14(25)26/h1-4H,5-8H2,(H,23,24)(H,25,26)(H,27,28)(H,29,30). The Morgan fingerprint density at radius 3 is 0.853 bits per heavy atom. The molecule has 176 valence electrons. The van der Waals surface area contributed by atoms with E-state index in [2.05, 4.69) is 0 Å². The normalized spacial score (nSPS) is 13.3. The molecule has 4 rings (SSSR count). The first-order chi connectivity index (χ1) is 16.2. The number of hydrogen-bond acceptors (Lipinski definition) is 8. The molecule has 4 N–H and O–H groups in total. The molecule has 12 heteroatoms. The van der Waals surface area contributed by atoms with Crippen LogP contribution in [-0.2, 0) is 38.1 Å². The van der Waals surface area contributed by atoms with Crippen molar-refractivity contribution in [2.45, 2.75) is 0 Å². The molecule has 2 aromatic rings. The largest absolute Gasteiger partial charge is 0.479 e. The average Bonchev–Trinajstić information content (AvgIpc) is 3.24. The van der Waals surface area contributed by atoms with Crippen molar-refractivity contribution in [2.75, 3.05) is 26.4 Å². The summed E-state index contributed by atoms with van der Waals surface area (Å²) in [6.07, 6.45) is 0. The molecule has 0 spiro atoms. The van der Waals surface area contributed by atoms with Gasteiger partial charge in [-0.25, -0.2) is 19.2 Å². The van der Waals surface area contributed by atoms with E-state index in [-0.39, 0.29) is 23.0 Å². The molecule has 0 atom stereocenters. The van der Waals surface area contributed by atoms with Gasteiger partial charge >= 0.3 is 23.9 Å². The van der Waals surface area contributed by atoms with Gasteiger partial charge in [0.2, 0.25) is 0 Å². The molecule has 0 bridgehead atoms. The Bertz CT molecular complexity index is 1120. The Kier molecular flexibility index (Phi) is 5.72. The average molecular weight is 472 g/mol. The van der Waals surface area contributed by atoms with E-state index < -0.39 is 50.3 Å². The van der Waals surface area contributed by atoms with E-state index in [0.717, 1.165) is 0 Å². The van der Waals surface area contributed by atoms with E-state index in [1.807, 2.05) is 0 Å². The second kappa shape index (κ2) is 8.65. The van der Waals surface area contributed by atoms with Gasteiger partial charge in [-0.2, -0.15) is 0 Å². The summed E-state index contributed by atoms with van der Waals surface area (Å²) in [6, 6.07) is 6.24. The molecular formula is C22H16O12. The minimum atomic E-state index is -1.26. The highest BCUT2D eigenvalue weighted by Crippen LogP contribution is 2.51. The van der Waals surface area contributed by atoms with Gasteiger partial charge in [-0.3, -0.25) is 0 Å². The van der Waals surface area contributed by atoms with Gasteiger partial charge in [-0.05, 0) is 24.3 Å². The van der Waals surface area contributed by atoms with Gasteiger partial charge in [0.25, 0.3) is 0 Å². The first kappa shape index (κ1) is 22.5. The summed E-state index contributed by atoms with van der Waals surface area (Å²) in [6.45, 7) is -2.84. The van der Waals surface area contributed by atoms with Gasteiger partial charge in [0.05, 0.1) is 0 Å². The summed E-state index contributed by atoms with van der Waals surface area (Å²) >= 11 is 0. The van der Waals surface area contributed by atoms with E-state index >= 15 is 0 Å². The summed E-state index contributed by atoms with van der Waals surface area (Å²) in [7, 11) is 0. The summed E-state index contributed by atoms with van der Waals surface area (Å²) in [5.74, 6) is -4.93. The molecular weight excluding hydrogens is 456 g/mol. The van der Waals surface area contributed by atoms with E-state index in [4.69, 9.17) is 39.4 Å².